The highest BCUT2D eigenvalue weighted by Crippen LogP contribution is 2.77. The molecule has 4 aliphatic carbocycles. The lowest BCUT2D eigenvalue weighted by atomic mass is 9.59. The highest BCUT2D eigenvalue weighted by Gasteiger charge is 2.88. The number of aliphatic hydroxyl groups excluding tert-OH is 1. The maximum atomic E-state index is 13.2. The average molecular weight is 489 g/mol. The Kier molecular flexibility index (Phi) is 5.28. The van der Waals surface area contributed by atoms with Crippen LogP contribution in [0.15, 0.2) is 23.3 Å². The zero-order chi connectivity index (χ0) is 25.7. The van der Waals surface area contributed by atoms with Crippen LogP contribution in [0.25, 0.3) is 0 Å². The molecule has 3 fully saturated rings. The fourth-order valence-electron chi connectivity index (χ4n) is 8.07. The maximum Gasteiger partial charge on any atom is 0.309 e. The van der Waals surface area contributed by atoms with E-state index in [4.69, 9.17) is 9.47 Å². The third-order valence-electron chi connectivity index (χ3n) is 10.0. The third-order valence-corrected chi connectivity index (χ3v) is 10.0. The van der Waals surface area contributed by atoms with E-state index in [1.54, 1.807) is 26.0 Å². The van der Waals surface area contributed by atoms with E-state index in [0.29, 0.717) is 24.0 Å². The molecular weight excluding hydrogens is 452 g/mol. The van der Waals surface area contributed by atoms with Gasteiger partial charge >= 0.3 is 11.9 Å². The predicted octanol–water partition coefficient (Wildman–Crippen LogP) is 1.85. The van der Waals surface area contributed by atoms with Crippen molar-refractivity contribution in [1.82, 2.24) is 0 Å². The van der Waals surface area contributed by atoms with E-state index < -0.39 is 75.6 Å². The minimum atomic E-state index is -1.92. The summed E-state index contributed by atoms with van der Waals surface area (Å²) in [6.45, 7) is 8.72. The van der Waals surface area contributed by atoms with E-state index in [1.807, 2.05) is 20.8 Å². The Labute approximate surface area is 205 Å². The number of hydrogen-bond acceptors (Lipinski definition) is 8. The Balaban J connectivity index is 1.72. The van der Waals surface area contributed by atoms with E-state index in [0.717, 1.165) is 0 Å². The largest absolute Gasteiger partial charge is 0.457 e. The molecule has 1 heterocycles. The molecule has 0 aromatic heterocycles. The first kappa shape index (κ1) is 24.7. The molecule has 8 heteroatoms. The van der Waals surface area contributed by atoms with E-state index >= 15 is 0 Å². The van der Waals surface area contributed by atoms with E-state index in [2.05, 4.69) is 0 Å². The monoisotopic (exact) mass is 488 g/mol. The summed E-state index contributed by atoms with van der Waals surface area (Å²) < 4.78 is 12.3. The van der Waals surface area contributed by atoms with E-state index in [9.17, 15) is 29.7 Å². The number of esters is 2. The molecular formula is C27H36O8. The van der Waals surface area contributed by atoms with E-state index in [1.165, 1.54) is 0 Å². The van der Waals surface area contributed by atoms with Crippen molar-refractivity contribution in [3.05, 3.63) is 23.3 Å². The summed E-state index contributed by atoms with van der Waals surface area (Å²) in [5, 5.41) is 34.4. The average Bonchev–Trinajstić information content (AvgIpc) is 3.20. The van der Waals surface area contributed by atoms with Crippen molar-refractivity contribution in [3.8, 4) is 0 Å². The Bertz CT molecular complexity index is 1060. The summed E-state index contributed by atoms with van der Waals surface area (Å²) in [5.74, 6) is -4.59. The van der Waals surface area contributed by atoms with Gasteiger partial charge in [-0.3, -0.25) is 14.4 Å². The molecule has 9 atom stereocenters. The van der Waals surface area contributed by atoms with Crippen molar-refractivity contribution in [2.45, 2.75) is 83.2 Å². The van der Waals surface area contributed by atoms with Crippen molar-refractivity contribution in [2.75, 3.05) is 6.61 Å². The van der Waals surface area contributed by atoms with Crippen molar-refractivity contribution in [1.29, 1.82) is 0 Å². The summed E-state index contributed by atoms with van der Waals surface area (Å²) in [7, 11) is 0. The van der Waals surface area contributed by atoms with Crippen LogP contribution < -0.4 is 0 Å². The number of ketones is 1. The summed E-state index contributed by atoms with van der Waals surface area (Å²) in [4.78, 5) is 39.3. The highest BCUT2D eigenvalue weighted by atomic mass is 16.6. The number of aliphatic hydroxyl groups is 3. The number of Topliss-reactive ketones (excluding diaryl/α,β-unsaturated/α-hetero) is 1. The molecule has 1 spiro atoms. The summed E-state index contributed by atoms with van der Waals surface area (Å²) in [6.07, 6.45) is 3.28. The molecule has 5 rings (SSSR count). The normalized spacial score (nSPS) is 48.3. The minimum Gasteiger partial charge on any atom is -0.457 e. The van der Waals surface area contributed by atoms with Crippen molar-refractivity contribution in [3.63, 3.8) is 0 Å². The van der Waals surface area contributed by atoms with Gasteiger partial charge in [0.1, 0.15) is 11.7 Å². The predicted molar refractivity (Wildman–Crippen MR) is 124 cm³/mol. The number of hydrogen-bond donors (Lipinski definition) is 3. The quantitative estimate of drug-likeness (QED) is 0.397. The zero-order valence-electron chi connectivity index (χ0n) is 21.0. The molecule has 2 saturated carbocycles. The van der Waals surface area contributed by atoms with Crippen LogP contribution in [0.4, 0.5) is 0 Å². The Hall–Kier alpha value is -2.03. The Morgan fingerprint density at radius 1 is 1.14 bits per heavy atom. The fourth-order valence-corrected chi connectivity index (χ4v) is 8.07. The van der Waals surface area contributed by atoms with Gasteiger partial charge in [0.25, 0.3) is 0 Å². The van der Waals surface area contributed by atoms with Gasteiger partial charge in [-0.15, -0.1) is 0 Å². The van der Waals surface area contributed by atoms with Crippen LogP contribution in [0.5, 0.6) is 0 Å². The number of carbonyl (C=O) groups excluding carboxylic acids is 3. The van der Waals surface area contributed by atoms with Crippen LogP contribution in [0.1, 0.15) is 60.3 Å². The van der Waals surface area contributed by atoms with Gasteiger partial charge in [-0.25, -0.2) is 0 Å². The molecule has 0 bridgehead atoms. The number of rotatable bonds is 2. The van der Waals surface area contributed by atoms with Crippen LogP contribution in [0.2, 0.25) is 0 Å². The molecule has 0 aromatic rings. The molecule has 35 heavy (non-hydrogen) atoms. The third kappa shape index (κ3) is 2.87. The first-order valence-corrected chi connectivity index (χ1v) is 12.7. The van der Waals surface area contributed by atoms with Gasteiger partial charge in [-0.05, 0) is 30.9 Å². The highest BCUT2D eigenvalue weighted by molar-refractivity contribution is 6.04. The molecule has 2 unspecified atom stereocenters. The molecule has 1 aliphatic heterocycles. The van der Waals surface area contributed by atoms with Crippen molar-refractivity contribution < 1.29 is 39.2 Å². The Morgan fingerprint density at radius 3 is 2.46 bits per heavy atom. The maximum absolute atomic E-state index is 13.2. The second-order valence-electron chi connectivity index (χ2n) is 11.9. The molecule has 0 radical (unpaired) electrons. The van der Waals surface area contributed by atoms with Gasteiger partial charge in [-0.1, -0.05) is 39.8 Å². The second-order valence-corrected chi connectivity index (χ2v) is 11.9. The molecule has 192 valence electrons. The van der Waals surface area contributed by atoms with Gasteiger partial charge in [-0.2, -0.15) is 0 Å². The minimum absolute atomic E-state index is 0.102. The molecule has 5 aliphatic rings. The van der Waals surface area contributed by atoms with Crippen LogP contribution >= 0.6 is 0 Å². The fraction of sp³-hybridized carbons (Fsp3) is 0.741. The van der Waals surface area contributed by atoms with E-state index in [-0.39, 0.29) is 19.4 Å². The lowest BCUT2D eigenvalue weighted by Crippen LogP contribution is -2.66. The first-order valence-electron chi connectivity index (χ1n) is 12.7. The van der Waals surface area contributed by atoms with Crippen molar-refractivity contribution >= 4 is 17.7 Å². The number of carbonyl (C=O) groups is 3. The second kappa shape index (κ2) is 7.49. The standard InChI is InChI=1S/C27H36O8/c1-6-16-7-8-19(29)35-27-20(24(27,4)5)17-10-15(12-28)11-25(32)18(9-13(2)21(25)30)26(17,33)14(3)22(27)34-23(16)31/h9-10,14,16-18,20,22,28,32-33H,6-8,11-12H2,1-5H3/t14-,16?,17+,18-,20?,22-,25-,26-,27-/m1/s1. The summed E-state index contributed by atoms with van der Waals surface area (Å²) >= 11 is 0. The molecule has 0 aromatic carbocycles. The van der Waals surface area contributed by atoms with Crippen LogP contribution in [-0.2, 0) is 23.9 Å². The smallest absolute Gasteiger partial charge is 0.309 e. The molecule has 3 N–H and O–H groups in total. The number of ether oxygens (including phenoxy) is 2. The van der Waals surface area contributed by atoms with Gasteiger partial charge in [0, 0.05) is 41.9 Å². The lowest BCUT2D eigenvalue weighted by Gasteiger charge is -2.53. The van der Waals surface area contributed by atoms with Crippen LogP contribution in [0, 0.1) is 35.0 Å². The topological polar surface area (TPSA) is 130 Å². The van der Waals surface area contributed by atoms with Gasteiger partial charge in [0.05, 0.1) is 18.1 Å². The molecule has 0 amide bonds. The SMILES string of the molecule is CCC1CCC(=O)O[C@]23C([C@@H]4C=C(CO)C[C@]5(O)C(=O)C(C)=C[C@H]5[C@@]4(O)[C@H](C)[C@H]2OC1=O)C3(C)C. The van der Waals surface area contributed by atoms with Crippen LogP contribution in [-0.4, -0.2) is 62.6 Å². The van der Waals surface area contributed by atoms with Gasteiger partial charge in [0.2, 0.25) is 0 Å². The number of fused-ring (bicyclic) bond motifs is 4. The zero-order valence-corrected chi connectivity index (χ0v) is 21.0. The Morgan fingerprint density at radius 2 is 1.83 bits per heavy atom. The summed E-state index contributed by atoms with van der Waals surface area (Å²) in [5.41, 5.74) is -4.61. The molecule has 1 saturated heterocycles. The van der Waals surface area contributed by atoms with Gasteiger partial charge < -0.3 is 24.8 Å². The van der Waals surface area contributed by atoms with Gasteiger partial charge in [0.15, 0.2) is 11.4 Å². The summed E-state index contributed by atoms with van der Waals surface area (Å²) in [6, 6.07) is 0. The first-order chi connectivity index (χ1) is 16.3. The van der Waals surface area contributed by atoms with Crippen LogP contribution in [0.3, 0.4) is 0 Å². The van der Waals surface area contributed by atoms with Crippen molar-refractivity contribution in [2.24, 2.45) is 35.0 Å². The molecule has 8 nitrogen and oxygen atoms in total. The lowest BCUT2D eigenvalue weighted by molar-refractivity contribution is -0.228.